The third kappa shape index (κ3) is 3.94. The van der Waals surface area contributed by atoms with Gasteiger partial charge in [0.2, 0.25) is 5.75 Å². The Balaban J connectivity index is 1.63. The number of ether oxygens (including phenoxy) is 3. The van der Waals surface area contributed by atoms with E-state index in [-0.39, 0.29) is 12.4 Å². The number of carbonyl (C=O) groups excluding carboxylic acids is 1. The first-order chi connectivity index (χ1) is 12.0. The maximum absolute atomic E-state index is 12.0. The second-order valence-corrected chi connectivity index (χ2v) is 5.23. The zero-order valence-corrected chi connectivity index (χ0v) is 13.4. The molecule has 130 valence electrons. The molecule has 9 nitrogen and oxygen atoms in total. The number of pyridine rings is 1. The molecule has 25 heavy (non-hydrogen) atoms. The molecular weight excluding hydrogens is 330 g/mol. The maximum atomic E-state index is 12.0. The summed E-state index contributed by atoms with van der Waals surface area (Å²) in [4.78, 5) is 26.1. The molecular formula is C16H15N3O6. The Morgan fingerprint density at radius 1 is 1.28 bits per heavy atom. The van der Waals surface area contributed by atoms with Crippen molar-refractivity contribution in [2.45, 2.75) is 6.92 Å². The Kier molecular flexibility index (Phi) is 4.64. The Hall–Kier alpha value is -3.36. The van der Waals surface area contributed by atoms with Crippen molar-refractivity contribution < 1.29 is 23.9 Å². The summed E-state index contributed by atoms with van der Waals surface area (Å²) < 4.78 is 16.1. The lowest BCUT2D eigenvalue weighted by Crippen LogP contribution is -2.21. The molecule has 0 unspecified atom stereocenters. The number of hydrogen-bond acceptors (Lipinski definition) is 7. The van der Waals surface area contributed by atoms with Gasteiger partial charge in [0.1, 0.15) is 18.9 Å². The van der Waals surface area contributed by atoms with Gasteiger partial charge >= 0.3 is 5.82 Å². The number of aromatic nitrogens is 1. The minimum Gasteiger partial charge on any atom is -0.486 e. The van der Waals surface area contributed by atoms with Crippen LogP contribution in [0.4, 0.5) is 11.5 Å². The fourth-order valence-electron chi connectivity index (χ4n) is 2.24. The summed E-state index contributed by atoms with van der Waals surface area (Å²) in [5, 5.41) is 13.6. The van der Waals surface area contributed by atoms with Crippen LogP contribution in [-0.4, -0.2) is 35.6 Å². The summed E-state index contributed by atoms with van der Waals surface area (Å²) in [5.41, 5.74) is 0.995. The highest BCUT2D eigenvalue weighted by Crippen LogP contribution is 2.32. The van der Waals surface area contributed by atoms with E-state index in [0.29, 0.717) is 36.1 Å². The lowest BCUT2D eigenvalue weighted by Gasteiger charge is -2.19. The molecule has 0 fully saturated rings. The van der Waals surface area contributed by atoms with Gasteiger partial charge in [-0.25, -0.2) is 0 Å². The van der Waals surface area contributed by atoms with Crippen molar-refractivity contribution in [2.75, 3.05) is 25.1 Å². The summed E-state index contributed by atoms with van der Waals surface area (Å²) in [7, 11) is 0. The lowest BCUT2D eigenvalue weighted by molar-refractivity contribution is -0.390. The number of aryl methyl sites for hydroxylation is 1. The minimum atomic E-state index is -0.652. The van der Waals surface area contributed by atoms with Crippen molar-refractivity contribution in [2.24, 2.45) is 0 Å². The zero-order chi connectivity index (χ0) is 17.8. The smallest absolute Gasteiger partial charge is 0.406 e. The van der Waals surface area contributed by atoms with Crippen molar-refractivity contribution in [3.05, 3.63) is 46.1 Å². The van der Waals surface area contributed by atoms with Crippen molar-refractivity contribution in [1.29, 1.82) is 0 Å². The quantitative estimate of drug-likeness (QED) is 0.652. The van der Waals surface area contributed by atoms with E-state index in [1.165, 1.54) is 6.07 Å². The topological polar surface area (TPSA) is 113 Å². The van der Waals surface area contributed by atoms with Crippen LogP contribution in [0, 0.1) is 17.0 Å². The van der Waals surface area contributed by atoms with Gasteiger partial charge < -0.3 is 29.6 Å². The van der Waals surface area contributed by atoms with Crippen molar-refractivity contribution in [1.82, 2.24) is 4.98 Å². The van der Waals surface area contributed by atoms with Gasteiger partial charge in [0.05, 0.1) is 0 Å². The molecule has 0 atom stereocenters. The summed E-state index contributed by atoms with van der Waals surface area (Å²) in [6.07, 6.45) is 0. The molecule has 1 N–H and O–H groups in total. The molecule has 1 aliphatic heterocycles. The number of rotatable bonds is 5. The second kappa shape index (κ2) is 7.04. The number of fused-ring (bicyclic) bond motifs is 1. The number of nitro groups is 1. The number of amides is 1. The molecule has 0 aliphatic carbocycles. The standard InChI is InChI=1S/C16H15N3O6/c1-10-2-4-13(16(17-10)19(21)22)25-9-15(20)18-11-3-5-12-14(8-11)24-7-6-23-12/h2-5,8H,6-7,9H2,1H3,(H,18,20). The van der Waals surface area contributed by atoms with E-state index in [0.717, 1.165) is 0 Å². The molecule has 2 aromatic rings. The van der Waals surface area contributed by atoms with Gasteiger partial charge in [-0.05, 0) is 34.2 Å². The van der Waals surface area contributed by atoms with Crippen LogP contribution in [0.25, 0.3) is 0 Å². The van der Waals surface area contributed by atoms with Crippen molar-refractivity contribution in [3.63, 3.8) is 0 Å². The molecule has 1 aromatic heterocycles. The fraction of sp³-hybridized carbons (Fsp3) is 0.250. The summed E-state index contributed by atoms with van der Waals surface area (Å²) >= 11 is 0. The molecule has 1 aliphatic rings. The first-order valence-corrected chi connectivity index (χ1v) is 7.47. The molecule has 2 heterocycles. The average Bonchev–Trinajstić information content (AvgIpc) is 2.60. The van der Waals surface area contributed by atoms with E-state index in [4.69, 9.17) is 14.2 Å². The Labute approximate surface area is 142 Å². The van der Waals surface area contributed by atoms with Crippen molar-refractivity contribution in [3.8, 4) is 17.2 Å². The number of carbonyl (C=O) groups is 1. The first-order valence-electron chi connectivity index (χ1n) is 7.47. The third-order valence-electron chi connectivity index (χ3n) is 3.34. The van der Waals surface area contributed by atoms with E-state index < -0.39 is 16.6 Å². The van der Waals surface area contributed by atoms with Gasteiger partial charge in [-0.1, -0.05) is 0 Å². The summed E-state index contributed by atoms with van der Waals surface area (Å²) in [6.45, 7) is 2.17. The van der Waals surface area contributed by atoms with E-state index >= 15 is 0 Å². The fourth-order valence-corrected chi connectivity index (χ4v) is 2.24. The highest BCUT2D eigenvalue weighted by atomic mass is 16.6. The first kappa shape index (κ1) is 16.5. The molecule has 1 aromatic carbocycles. The number of hydrogen-bond donors (Lipinski definition) is 1. The van der Waals surface area contributed by atoms with E-state index in [1.807, 2.05) is 0 Å². The molecule has 0 saturated carbocycles. The maximum Gasteiger partial charge on any atom is 0.406 e. The Bertz CT molecular complexity index is 824. The van der Waals surface area contributed by atoms with Crippen molar-refractivity contribution >= 4 is 17.4 Å². The molecule has 0 spiro atoms. The van der Waals surface area contributed by atoms with Crippen LogP contribution in [0.2, 0.25) is 0 Å². The zero-order valence-electron chi connectivity index (χ0n) is 13.4. The predicted molar refractivity (Wildman–Crippen MR) is 87.2 cm³/mol. The Morgan fingerprint density at radius 3 is 2.80 bits per heavy atom. The Morgan fingerprint density at radius 2 is 2.04 bits per heavy atom. The van der Waals surface area contributed by atoms with Crippen LogP contribution < -0.4 is 19.5 Å². The van der Waals surface area contributed by atoms with Crippen LogP contribution in [0.1, 0.15) is 5.69 Å². The third-order valence-corrected chi connectivity index (χ3v) is 3.34. The van der Waals surface area contributed by atoms with Gasteiger partial charge in [-0.15, -0.1) is 0 Å². The van der Waals surface area contributed by atoms with Crippen LogP contribution >= 0.6 is 0 Å². The van der Waals surface area contributed by atoms with E-state index in [2.05, 4.69) is 10.3 Å². The normalized spacial score (nSPS) is 12.4. The van der Waals surface area contributed by atoms with E-state index in [9.17, 15) is 14.9 Å². The molecule has 0 saturated heterocycles. The monoisotopic (exact) mass is 345 g/mol. The summed E-state index contributed by atoms with van der Waals surface area (Å²) in [5.74, 6) is 0.205. The molecule has 1 amide bonds. The van der Waals surface area contributed by atoms with Gasteiger partial charge in [-0.2, -0.15) is 0 Å². The number of benzene rings is 1. The highest BCUT2D eigenvalue weighted by Gasteiger charge is 2.19. The minimum absolute atomic E-state index is 0.0621. The van der Waals surface area contributed by atoms with Gasteiger partial charge in [0.15, 0.2) is 18.1 Å². The number of anilines is 1. The SMILES string of the molecule is Cc1ccc(OCC(=O)Nc2ccc3c(c2)OCCO3)c([N+](=O)[O-])n1. The van der Waals surface area contributed by atoms with E-state index in [1.54, 1.807) is 31.2 Å². The van der Waals surface area contributed by atoms with Crippen LogP contribution in [0.5, 0.6) is 17.2 Å². The molecule has 3 rings (SSSR count). The van der Waals surface area contributed by atoms with Crippen LogP contribution in [0.15, 0.2) is 30.3 Å². The van der Waals surface area contributed by atoms with Gasteiger partial charge in [0.25, 0.3) is 5.91 Å². The van der Waals surface area contributed by atoms with Crippen LogP contribution in [-0.2, 0) is 4.79 Å². The largest absolute Gasteiger partial charge is 0.486 e. The highest BCUT2D eigenvalue weighted by molar-refractivity contribution is 5.92. The lowest BCUT2D eigenvalue weighted by atomic mass is 10.2. The van der Waals surface area contributed by atoms with Crippen LogP contribution in [0.3, 0.4) is 0 Å². The van der Waals surface area contributed by atoms with Gasteiger partial charge in [-0.3, -0.25) is 4.79 Å². The molecule has 0 radical (unpaired) electrons. The summed E-state index contributed by atoms with van der Waals surface area (Å²) in [6, 6.07) is 7.99. The second-order valence-electron chi connectivity index (χ2n) is 5.23. The average molecular weight is 345 g/mol. The molecule has 0 bridgehead atoms. The number of nitrogens with one attached hydrogen (secondary N) is 1. The molecule has 9 heteroatoms. The predicted octanol–water partition coefficient (Wildman–Crippen LogP) is 2.09. The number of nitrogens with zero attached hydrogens (tertiary/aromatic N) is 2. The van der Waals surface area contributed by atoms with Gasteiger partial charge in [0, 0.05) is 18.7 Å².